The molecule has 0 amide bonds. The molecule has 0 radical (unpaired) electrons. The minimum atomic E-state index is -1.11. The van der Waals surface area contributed by atoms with Gasteiger partial charge in [0.1, 0.15) is 0 Å². The highest BCUT2D eigenvalue weighted by atomic mass is 79.9. The first kappa shape index (κ1) is 13.4. The SMILES string of the molecule is Cc1ccc(N2CCC(O)(CC(=O)O)C2)cc1Br. The topological polar surface area (TPSA) is 60.8 Å². The van der Waals surface area contributed by atoms with E-state index in [1.807, 2.05) is 30.0 Å². The number of hydrogen-bond acceptors (Lipinski definition) is 3. The van der Waals surface area contributed by atoms with Crippen LogP contribution in [-0.4, -0.2) is 34.9 Å². The number of nitrogens with zero attached hydrogens (tertiary/aromatic N) is 1. The van der Waals surface area contributed by atoms with E-state index >= 15 is 0 Å². The van der Waals surface area contributed by atoms with E-state index in [0.29, 0.717) is 19.5 Å². The van der Waals surface area contributed by atoms with Gasteiger partial charge in [-0.3, -0.25) is 4.79 Å². The Labute approximate surface area is 114 Å². The van der Waals surface area contributed by atoms with E-state index in [1.165, 1.54) is 0 Å². The first-order chi connectivity index (χ1) is 8.39. The van der Waals surface area contributed by atoms with Gasteiger partial charge in [0.25, 0.3) is 0 Å². The van der Waals surface area contributed by atoms with E-state index in [0.717, 1.165) is 15.7 Å². The van der Waals surface area contributed by atoms with Crippen LogP contribution in [0.4, 0.5) is 5.69 Å². The zero-order valence-electron chi connectivity index (χ0n) is 10.2. The molecule has 1 saturated heterocycles. The lowest BCUT2D eigenvalue weighted by molar-refractivity contribution is -0.141. The predicted octanol–water partition coefficient (Wildman–Crippen LogP) is 2.17. The van der Waals surface area contributed by atoms with Crippen molar-refractivity contribution in [3.8, 4) is 0 Å². The van der Waals surface area contributed by atoms with Crippen LogP contribution in [0.5, 0.6) is 0 Å². The van der Waals surface area contributed by atoms with Crippen LogP contribution >= 0.6 is 15.9 Å². The summed E-state index contributed by atoms with van der Waals surface area (Å²) in [6.07, 6.45) is 0.293. The largest absolute Gasteiger partial charge is 0.481 e. The van der Waals surface area contributed by atoms with Crippen LogP contribution in [-0.2, 0) is 4.79 Å². The Kier molecular flexibility index (Phi) is 3.64. The molecule has 0 spiro atoms. The highest BCUT2D eigenvalue weighted by Gasteiger charge is 2.38. The molecule has 1 fully saturated rings. The summed E-state index contributed by atoms with van der Waals surface area (Å²) in [4.78, 5) is 12.7. The van der Waals surface area contributed by atoms with Crippen molar-refractivity contribution in [3.63, 3.8) is 0 Å². The lowest BCUT2D eigenvalue weighted by atomic mass is 9.99. The minimum absolute atomic E-state index is 0.198. The zero-order chi connectivity index (χ0) is 13.3. The maximum Gasteiger partial charge on any atom is 0.306 e. The maximum absolute atomic E-state index is 10.7. The minimum Gasteiger partial charge on any atom is -0.481 e. The quantitative estimate of drug-likeness (QED) is 0.898. The number of halogens is 1. The number of hydrogen-bond donors (Lipinski definition) is 2. The third kappa shape index (κ3) is 2.84. The summed E-state index contributed by atoms with van der Waals surface area (Å²) >= 11 is 3.48. The Hall–Kier alpha value is -1.07. The first-order valence-corrected chi connectivity index (χ1v) is 6.64. The smallest absolute Gasteiger partial charge is 0.306 e. The number of rotatable bonds is 3. The van der Waals surface area contributed by atoms with Crippen molar-refractivity contribution in [2.24, 2.45) is 0 Å². The van der Waals surface area contributed by atoms with Gasteiger partial charge < -0.3 is 15.1 Å². The van der Waals surface area contributed by atoms with Gasteiger partial charge in [-0.15, -0.1) is 0 Å². The normalized spacial score (nSPS) is 23.4. The molecule has 0 bridgehead atoms. The van der Waals surface area contributed by atoms with Gasteiger partial charge in [-0.25, -0.2) is 0 Å². The average molecular weight is 314 g/mol. The van der Waals surface area contributed by atoms with E-state index in [-0.39, 0.29) is 6.42 Å². The summed E-state index contributed by atoms with van der Waals surface area (Å²) < 4.78 is 1.02. The molecule has 0 aliphatic carbocycles. The van der Waals surface area contributed by atoms with Crippen molar-refractivity contribution < 1.29 is 15.0 Å². The predicted molar refractivity (Wildman–Crippen MR) is 72.9 cm³/mol. The van der Waals surface area contributed by atoms with Gasteiger partial charge in [0.15, 0.2) is 0 Å². The van der Waals surface area contributed by atoms with Gasteiger partial charge in [0.2, 0.25) is 0 Å². The number of benzene rings is 1. The van der Waals surface area contributed by atoms with Crippen LogP contribution in [0.25, 0.3) is 0 Å². The number of carboxylic acid groups (broad SMARTS) is 1. The van der Waals surface area contributed by atoms with Crippen molar-refractivity contribution >= 4 is 27.6 Å². The molecule has 1 heterocycles. The number of anilines is 1. The Morgan fingerprint density at radius 2 is 2.28 bits per heavy atom. The Bertz CT molecular complexity index is 477. The number of β-amino-alcohol motifs (C(OH)–C–C–N with tert-alkyl or cyclic N) is 1. The fourth-order valence-corrected chi connectivity index (χ4v) is 2.65. The summed E-state index contributed by atoms with van der Waals surface area (Å²) in [6.45, 7) is 3.06. The van der Waals surface area contributed by atoms with Crippen LogP contribution < -0.4 is 4.90 Å². The highest BCUT2D eigenvalue weighted by Crippen LogP contribution is 2.31. The summed E-state index contributed by atoms with van der Waals surface area (Å²) in [6, 6.07) is 6.00. The summed E-state index contributed by atoms with van der Waals surface area (Å²) in [5.74, 6) is -0.954. The van der Waals surface area contributed by atoms with Gasteiger partial charge in [0.05, 0.1) is 12.0 Å². The van der Waals surface area contributed by atoms with Crippen molar-refractivity contribution in [1.82, 2.24) is 0 Å². The van der Waals surface area contributed by atoms with E-state index in [4.69, 9.17) is 5.11 Å². The lowest BCUT2D eigenvalue weighted by Crippen LogP contribution is -2.35. The number of carbonyl (C=O) groups is 1. The van der Waals surface area contributed by atoms with E-state index < -0.39 is 11.6 Å². The second kappa shape index (κ2) is 4.90. The third-order valence-corrected chi connectivity index (χ3v) is 4.19. The van der Waals surface area contributed by atoms with Gasteiger partial charge in [-0.1, -0.05) is 22.0 Å². The Balaban J connectivity index is 2.12. The van der Waals surface area contributed by atoms with E-state index in [1.54, 1.807) is 0 Å². The van der Waals surface area contributed by atoms with Crippen molar-refractivity contribution in [1.29, 1.82) is 0 Å². The second-order valence-corrected chi connectivity index (χ2v) is 5.75. The van der Waals surface area contributed by atoms with Gasteiger partial charge in [-0.2, -0.15) is 0 Å². The molecule has 5 heteroatoms. The summed E-state index contributed by atoms with van der Waals surface area (Å²) in [5, 5.41) is 19.0. The van der Waals surface area contributed by atoms with Gasteiger partial charge >= 0.3 is 5.97 Å². The second-order valence-electron chi connectivity index (χ2n) is 4.90. The van der Waals surface area contributed by atoms with Crippen molar-refractivity contribution in [3.05, 3.63) is 28.2 Å². The summed E-state index contributed by atoms with van der Waals surface area (Å²) in [5.41, 5.74) is 1.05. The fraction of sp³-hybridized carbons (Fsp3) is 0.462. The molecule has 2 rings (SSSR count). The van der Waals surface area contributed by atoms with E-state index in [2.05, 4.69) is 15.9 Å². The fourth-order valence-electron chi connectivity index (χ4n) is 2.28. The Morgan fingerprint density at radius 3 is 2.89 bits per heavy atom. The molecule has 1 atom stereocenters. The van der Waals surface area contributed by atoms with E-state index in [9.17, 15) is 9.90 Å². The molecule has 1 aromatic rings. The van der Waals surface area contributed by atoms with Crippen molar-refractivity contribution in [2.45, 2.75) is 25.4 Å². The molecule has 1 aromatic carbocycles. The molecular formula is C13H16BrNO3. The number of carboxylic acids is 1. The molecule has 18 heavy (non-hydrogen) atoms. The van der Waals surface area contributed by atoms with Crippen LogP contribution in [0, 0.1) is 6.92 Å². The molecule has 1 aliphatic heterocycles. The summed E-state index contributed by atoms with van der Waals surface area (Å²) in [7, 11) is 0. The van der Waals surface area contributed by atoms with Crippen LogP contribution in [0.3, 0.4) is 0 Å². The molecule has 0 aromatic heterocycles. The molecule has 2 N–H and O–H groups in total. The van der Waals surface area contributed by atoms with Crippen LogP contribution in [0.1, 0.15) is 18.4 Å². The maximum atomic E-state index is 10.7. The molecule has 1 unspecified atom stereocenters. The molecule has 98 valence electrons. The molecule has 1 aliphatic rings. The lowest BCUT2D eigenvalue weighted by Gasteiger charge is -2.23. The number of aliphatic carboxylic acids is 1. The number of aryl methyl sites for hydroxylation is 1. The van der Waals surface area contributed by atoms with Gasteiger partial charge in [-0.05, 0) is 31.0 Å². The highest BCUT2D eigenvalue weighted by molar-refractivity contribution is 9.10. The molecule has 4 nitrogen and oxygen atoms in total. The van der Waals surface area contributed by atoms with Crippen LogP contribution in [0.15, 0.2) is 22.7 Å². The number of aliphatic hydroxyl groups is 1. The van der Waals surface area contributed by atoms with Crippen molar-refractivity contribution in [2.75, 3.05) is 18.0 Å². The monoisotopic (exact) mass is 313 g/mol. The third-order valence-electron chi connectivity index (χ3n) is 3.33. The van der Waals surface area contributed by atoms with Crippen LogP contribution in [0.2, 0.25) is 0 Å². The standard InChI is InChI=1S/C13H16BrNO3/c1-9-2-3-10(6-11(9)14)15-5-4-13(18,8-15)7-12(16)17/h2-3,6,18H,4-5,7-8H2,1H3,(H,16,17). The van der Waals surface area contributed by atoms with Gasteiger partial charge in [0, 0.05) is 23.2 Å². The molecule has 0 saturated carbocycles. The molecular weight excluding hydrogens is 298 g/mol. The zero-order valence-corrected chi connectivity index (χ0v) is 11.8. The Morgan fingerprint density at radius 1 is 1.56 bits per heavy atom. The first-order valence-electron chi connectivity index (χ1n) is 5.85. The average Bonchev–Trinajstić information content (AvgIpc) is 2.63.